The van der Waals surface area contributed by atoms with Crippen LogP contribution >= 0.6 is 15.9 Å². The maximum atomic E-state index is 12.0. The molecule has 2 heteroatoms. The molecule has 0 radical (unpaired) electrons. The molecule has 1 unspecified atom stereocenters. The summed E-state index contributed by atoms with van der Waals surface area (Å²) in [5.41, 5.74) is 0.0639. The van der Waals surface area contributed by atoms with Crippen molar-refractivity contribution in [2.24, 2.45) is 16.7 Å². The van der Waals surface area contributed by atoms with Gasteiger partial charge in [-0.2, -0.15) is 0 Å². The van der Waals surface area contributed by atoms with E-state index in [0.29, 0.717) is 18.1 Å². The van der Waals surface area contributed by atoms with E-state index < -0.39 is 0 Å². The molecule has 16 heavy (non-hydrogen) atoms. The van der Waals surface area contributed by atoms with Crippen molar-refractivity contribution >= 4 is 21.7 Å². The van der Waals surface area contributed by atoms with Crippen LogP contribution in [0.3, 0.4) is 0 Å². The minimum atomic E-state index is -0.195. The molecule has 0 aliphatic carbocycles. The molecule has 0 rings (SSSR count). The van der Waals surface area contributed by atoms with Crippen LogP contribution in [-0.2, 0) is 4.79 Å². The first-order valence-electron chi connectivity index (χ1n) is 6.20. The van der Waals surface area contributed by atoms with Crippen molar-refractivity contribution in [3.05, 3.63) is 0 Å². The SMILES string of the molecule is CC(CC(=O)C(C)(C)C)C(C)(C)CCCBr. The molecular weight excluding hydrogens is 264 g/mol. The number of ketones is 1. The quantitative estimate of drug-likeness (QED) is 0.641. The van der Waals surface area contributed by atoms with Gasteiger partial charge in [-0.25, -0.2) is 0 Å². The predicted octanol–water partition coefficient (Wildman–Crippen LogP) is 4.83. The molecule has 0 saturated heterocycles. The van der Waals surface area contributed by atoms with Gasteiger partial charge in [0.25, 0.3) is 0 Å². The van der Waals surface area contributed by atoms with Crippen LogP contribution in [0, 0.1) is 16.7 Å². The Labute approximate surface area is 110 Å². The molecule has 0 fully saturated rings. The smallest absolute Gasteiger partial charge is 0.138 e. The Bertz CT molecular complexity index is 225. The Balaban J connectivity index is 4.34. The van der Waals surface area contributed by atoms with E-state index in [1.54, 1.807) is 0 Å². The first-order chi connectivity index (χ1) is 7.11. The molecule has 0 spiro atoms. The van der Waals surface area contributed by atoms with Gasteiger partial charge >= 0.3 is 0 Å². The van der Waals surface area contributed by atoms with Gasteiger partial charge in [-0.3, -0.25) is 4.79 Å². The van der Waals surface area contributed by atoms with Gasteiger partial charge in [0.2, 0.25) is 0 Å². The van der Waals surface area contributed by atoms with E-state index in [1.165, 1.54) is 12.8 Å². The molecule has 0 aliphatic rings. The summed E-state index contributed by atoms with van der Waals surface area (Å²) >= 11 is 3.47. The highest BCUT2D eigenvalue weighted by molar-refractivity contribution is 9.09. The largest absolute Gasteiger partial charge is 0.299 e. The zero-order chi connectivity index (χ0) is 13.0. The standard InChI is InChI=1S/C14H27BrO/c1-11(10-12(16)13(2,3)4)14(5,6)8-7-9-15/h11H,7-10H2,1-6H3. The molecule has 0 bridgehead atoms. The highest BCUT2D eigenvalue weighted by Gasteiger charge is 2.30. The molecule has 1 atom stereocenters. The average molecular weight is 291 g/mol. The third-order valence-corrected chi connectivity index (χ3v) is 4.18. The number of Topliss-reactive ketones (excluding diaryl/α,β-unsaturated/α-hetero) is 1. The van der Waals surface area contributed by atoms with E-state index in [2.05, 4.69) is 36.7 Å². The Morgan fingerprint density at radius 3 is 2.06 bits per heavy atom. The molecule has 96 valence electrons. The average Bonchev–Trinajstić information content (AvgIpc) is 2.13. The van der Waals surface area contributed by atoms with Crippen molar-refractivity contribution in [2.45, 2.75) is 60.8 Å². The zero-order valence-corrected chi connectivity index (χ0v) is 13.3. The Morgan fingerprint density at radius 2 is 1.69 bits per heavy atom. The number of hydrogen-bond acceptors (Lipinski definition) is 1. The minimum Gasteiger partial charge on any atom is -0.299 e. The van der Waals surface area contributed by atoms with Gasteiger partial charge in [0.1, 0.15) is 5.78 Å². The molecule has 0 aliphatic heterocycles. The van der Waals surface area contributed by atoms with Crippen LogP contribution < -0.4 is 0 Å². The number of hydrogen-bond donors (Lipinski definition) is 0. The third kappa shape index (κ3) is 5.47. The van der Waals surface area contributed by atoms with Crippen molar-refractivity contribution in [1.82, 2.24) is 0 Å². The van der Waals surface area contributed by atoms with E-state index in [9.17, 15) is 4.79 Å². The fraction of sp³-hybridized carbons (Fsp3) is 0.929. The number of rotatable bonds is 6. The zero-order valence-electron chi connectivity index (χ0n) is 11.7. The maximum absolute atomic E-state index is 12.0. The molecule has 0 amide bonds. The van der Waals surface area contributed by atoms with Crippen LogP contribution in [0.1, 0.15) is 60.8 Å². The van der Waals surface area contributed by atoms with E-state index in [-0.39, 0.29) is 10.8 Å². The summed E-state index contributed by atoms with van der Waals surface area (Å²) in [5, 5.41) is 1.05. The molecule has 0 aromatic carbocycles. The third-order valence-electron chi connectivity index (χ3n) is 3.62. The van der Waals surface area contributed by atoms with Crippen molar-refractivity contribution in [2.75, 3.05) is 5.33 Å². The lowest BCUT2D eigenvalue weighted by atomic mass is 9.72. The number of carbonyl (C=O) groups is 1. The molecule has 0 saturated carbocycles. The Hall–Kier alpha value is 0.150. The topological polar surface area (TPSA) is 17.1 Å². The van der Waals surface area contributed by atoms with E-state index in [1.807, 2.05) is 20.8 Å². The summed E-state index contributed by atoms with van der Waals surface area (Å²) in [6.45, 7) is 12.8. The first-order valence-corrected chi connectivity index (χ1v) is 7.32. The monoisotopic (exact) mass is 290 g/mol. The fourth-order valence-corrected chi connectivity index (χ4v) is 1.91. The molecule has 1 nitrogen and oxygen atoms in total. The van der Waals surface area contributed by atoms with E-state index >= 15 is 0 Å². The summed E-state index contributed by atoms with van der Waals surface area (Å²) in [4.78, 5) is 12.0. The van der Waals surface area contributed by atoms with Gasteiger partial charge in [-0.15, -0.1) is 0 Å². The van der Waals surface area contributed by atoms with Crippen LogP contribution in [0.2, 0.25) is 0 Å². The van der Waals surface area contributed by atoms with Crippen molar-refractivity contribution < 1.29 is 4.79 Å². The second-order valence-electron chi connectivity index (χ2n) is 6.56. The van der Waals surface area contributed by atoms with Crippen molar-refractivity contribution in [3.8, 4) is 0 Å². The lowest BCUT2D eigenvalue weighted by Gasteiger charge is -2.33. The molecule has 0 N–H and O–H groups in total. The minimum absolute atomic E-state index is 0.195. The lowest BCUT2D eigenvalue weighted by molar-refractivity contribution is -0.128. The highest BCUT2D eigenvalue weighted by atomic mass is 79.9. The highest BCUT2D eigenvalue weighted by Crippen LogP contribution is 2.36. The number of carbonyl (C=O) groups excluding carboxylic acids is 1. The Morgan fingerprint density at radius 1 is 1.19 bits per heavy atom. The normalized spacial score (nSPS) is 14.9. The van der Waals surface area contributed by atoms with Gasteiger partial charge in [0, 0.05) is 17.2 Å². The van der Waals surface area contributed by atoms with Gasteiger partial charge in [0.15, 0.2) is 0 Å². The van der Waals surface area contributed by atoms with Gasteiger partial charge in [-0.05, 0) is 24.2 Å². The fourth-order valence-electron chi connectivity index (χ4n) is 1.63. The van der Waals surface area contributed by atoms with E-state index in [4.69, 9.17) is 0 Å². The summed E-state index contributed by atoms with van der Waals surface area (Å²) in [7, 11) is 0. The van der Waals surface area contributed by atoms with Crippen molar-refractivity contribution in [3.63, 3.8) is 0 Å². The van der Waals surface area contributed by atoms with Gasteiger partial charge in [-0.1, -0.05) is 57.5 Å². The maximum Gasteiger partial charge on any atom is 0.138 e. The Kier molecular flexibility index (Phi) is 6.24. The summed E-state index contributed by atoms with van der Waals surface area (Å²) < 4.78 is 0. The number of alkyl halides is 1. The molecular formula is C14H27BrO. The molecule has 0 heterocycles. The predicted molar refractivity (Wildman–Crippen MR) is 75.1 cm³/mol. The van der Waals surface area contributed by atoms with Gasteiger partial charge < -0.3 is 0 Å². The first kappa shape index (κ1) is 16.1. The second-order valence-corrected chi connectivity index (χ2v) is 7.35. The van der Waals surface area contributed by atoms with Crippen LogP contribution in [0.4, 0.5) is 0 Å². The summed E-state index contributed by atoms with van der Waals surface area (Å²) in [5.74, 6) is 0.838. The second kappa shape index (κ2) is 6.18. The van der Waals surface area contributed by atoms with Crippen LogP contribution in [-0.4, -0.2) is 11.1 Å². The van der Waals surface area contributed by atoms with Crippen LogP contribution in [0.25, 0.3) is 0 Å². The van der Waals surface area contributed by atoms with Gasteiger partial charge in [0.05, 0.1) is 0 Å². The lowest BCUT2D eigenvalue weighted by Crippen LogP contribution is -2.29. The summed E-state index contributed by atoms with van der Waals surface area (Å²) in [6, 6.07) is 0. The molecule has 0 aromatic heterocycles. The molecule has 0 aromatic rings. The van der Waals surface area contributed by atoms with E-state index in [0.717, 1.165) is 5.33 Å². The van der Waals surface area contributed by atoms with Crippen LogP contribution in [0.5, 0.6) is 0 Å². The number of halogens is 1. The van der Waals surface area contributed by atoms with Crippen molar-refractivity contribution in [1.29, 1.82) is 0 Å². The summed E-state index contributed by atoms with van der Waals surface area (Å²) in [6.07, 6.45) is 3.07. The van der Waals surface area contributed by atoms with Crippen LogP contribution in [0.15, 0.2) is 0 Å².